The fourth-order valence-electron chi connectivity index (χ4n) is 2.52. The molecule has 2 unspecified atom stereocenters. The number of carbonyl (C=O) groups excluding carboxylic acids is 1. The Hall–Kier alpha value is -1.31. The number of ether oxygens (including phenoxy) is 1. The molecule has 1 aromatic rings. The fourth-order valence-corrected chi connectivity index (χ4v) is 2.52. The standard InChI is InChI=1S/C17H24O2/c1-5-17(3,4)16(18)19-15-11-10-12(2)13-8-6-7-9-14(13)15/h6-9,12,15H,5,10-11H2,1-4H3. The van der Waals surface area contributed by atoms with Crippen LogP contribution in [0, 0.1) is 5.41 Å². The Morgan fingerprint density at radius 1 is 1.26 bits per heavy atom. The minimum absolute atomic E-state index is 0.0641. The van der Waals surface area contributed by atoms with Crippen molar-refractivity contribution in [2.75, 3.05) is 0 Å². The van der Waals surface area contributed by atoms with Crippen LogP contribution in [0.4, 0.5) is 0 Å². The van der Waals surface area contributed by atoms with Gasteiger partial charge in [-0.25, -0.2) is 0 Å². The van der Waals surface area contributed by atoms with Crippen molar-refractivity contribution in [1.29, 1.82) is 0 Å². The second-order valence-corrected chi connectivity index (χ2v) is 6.24. The Morgan fingerprint density at radius 2 is 1.89 bits per heavy atom. The molecule has 19 heavy (non-hydrogen) atoms. The first kappa shape index (κ1) is 14.1. The number of hydrogen-bond acceptors (Lipinski definition) is 2. The average Bonchev–Trinajstić information content (AvgIpc) is 2.42. The van der Waals surface area contributed by atoms with E-state index in [9.17, 15) is 4.79 Å². The maximum absolute atomic E-state index is 12.2. The van der Waals surface area contributed by atoms with Crippen molar-refractivity contribution < 1.29 is 9.53 Å². The number of fused-ring (bicyclic) bond motifs is 1. The van der Waals surface area contributed by atoms with Gasteiger partial charge in [-0.2, -0.15) is 0 Å². The molecule has 0 amide bonds. The minimum Gasteiger partial charge on any atom is -0.457 e. The van der Waals surface area contributed by atoms with Crippen molar-refractivity contribution in [3.63, 3.8) is 0 Å². The smallest absolute Gasteiger partial charge is 0.312 e. The molecule has 0 fully saturated rings. The van der Waals surface area contributed by atoms with Crippen LogP contribution in [0.25, 0.3) is 0 Å². The number of hydrogen-bond donors (Lipinski definition) is 0. The van der Waals surface area contributed by atoms with Gasteiger partial charge in [0.25, 0.3) is 0 Å². The molecule has 0 bridgehead atoms. The van der Waals surface area contributed by atoms with Crippen LogP contribution < -0.4 is 0 Å². The lowest BCUT2D eigenvalue weighted by Gasteiger charge is -2.32. The predicted molar refractivity (Wildman–Crippen MR) is 77.0 cm³/mol. The lowest BCUT2D eigenvalue weighted by Crippen LogP contribution is -2.28. The van der Waals surface area contributed by atoms with Gasteiger partial charge in [0.2, 0.25) is 0 Å². The number of carbonyl (C=O) groups is 1. The molecule has 104 valence electrons. The van der Waals surface area contributed by atoms with Crippen LogP contribution in [0.5, 0.6) is 0 Å². The molecule has 0 aliphatic heterocycles. The quantitative estimate of drug-likeness (QED) is 0.742. The first-order chi connectivity index (χ1) is 8.95. The SMILES string of the molecule is CCC(C)(C)C(=O)OC1CCC(C)c2ccccc21. The molecule has 1 aliphatic carbocycles. The molecule has 0 saturated heterocycles. The van der Waals surface area contributed by atoms with E-state index in [0.717, 1.165) is 19.3 Å². The van der Waals surface area contributed by atoms with Gasteiger partial charge in [-0.15, -0.1) is 0 Å². The zero-order valence-electron chi connectivity index (χ0n) is 12.4. The van der Waals surface area contributed by atoms with Crippen LogP contribution in [-0.2, 0) is 9.53 Å². The highest BCUT2D eigenvalue weighted by atomic mass is 16.5. The van der Waals surface area contributed by atoms with Crippen LogP contribution in [-0.4, -0.2) is 5.97 Å². The Labute approximate surface area is 116 Å². The molecule has 2 rings (SSSR count). The lowest BCUT2D eigenvalue weighted by atomic mass is 9.82. The second-order valence-electron chi connectivity index (χ2n) is 6.24. The van der Waals surface area contributed by atoms with E-state index in [0.29, 0.717) is 5.92 Å². The maximum atomic E-state index is 12.2. The van der Waals surface area contributed by atoms with Gasteiger partial charge in [0.1, 0.15) is 6.10 Å². The molecule has 0 saturated carbocycles. The topological polar surface area (TPSA) is 26.3 Å². The van der Waals surface area contributed by atoms with Gasteiger partial charge in [0.15, 0.2) is 0 Å². The summed E-state index contributed by atoms with van der Waals surface area (Å²) in [5.74, 6) is 0.481. The zero-order chi connectivity index (χ0) is 14.0. The van der Waals surface area contributed by atoms with Gasteiger partial charge < -0.3 is 4.74 Å². The monoisotopic (exact) mass is 260 g/mol. The van der Waals surface area contributed by atoms with Crippen molar-refractivity contribution in [3.05, 3.63) is 35.4 Å². The Morgan fingerprint density at radius 3 is 2.53 bits per heavy atom. The minimum atomic E-state index is -0.391. The maximum Gasteiger partial charge on any atom is 0.312 e. The van der Waals surface area contributed by atoms with Crippen LogP contribution in [0.3, 0.4) is 0 Å². The largest absolute Gasteiger partial charge is 0.457 e. The van der Waals surface area contributed by atoms with Gasteiger partial charge in [-0.3, -0.25) is 4.79 Å². The van der Waals surface area contributed by atoms with E-state index >= 15 is 0 Å². The van der Waals surface area contributed by atoms with Crippen molar-refractivity contribution in [2.45, 2.75) is 59.0 Å². The summed E-state index contributed by atoms with van der Waals surface area (Å²) < 4.78 is 5.78. The van der Waals surface area contributed by atoms with E-state index in [2.05, 4.69) is 25.1 Å². The molecule has 0 spiro atoms. The summed E-state index contributed by atoms with van der Waals surface area (Å²) >= 11 is 0. The molecule has 0 aromatic heterocycles. The Kier molecular flexibility index (Phi) is 3.98. The summed E-state index contributed by atoms with van der Waals surface area (Å²) in [7, 11) is 0. The number of benzene rings is 1. The second kappa shape index (κ2) is 5.36. The summed E-state index contributed by atoms with van der Waals surface area (Å²) in [6.45, 7) is 8.17. The van der Waals surface area contributed by atoms with Crippen molar-refractivity contribution in [1.82, 2.24) is 0 Å². The summed E-state index contributed by atoms with van der Waals surface area (Å²) in [6.07, 6.45) is 2.76. The summed E-state index contributed by atoms with van der Waals surface area (Å²) in [4.78, 5) is 12.2. The Bertz CT molecular complexity index is 462. The van der Waals surface area contributed by atoms with Crippen molar-refractivity contribution in [3.8, 4) is 0 Å². The van der Waals surface area contributed by atoms with E-state index in [-0.39, 0.29) is 12.1 Å². The van der Waals surface area contributed by atoms with E-state index in [4.69, 9.17) is 4.74 Å². The molecular formula is C17H24O2. The van der Waals surface area contributed by atoms with Crippen LogP contribution in [0.15, 0.2) is 24.3 Å². The van der Waals surface area contributed by atoms with Gasteiger partial charge in [0, 0.05) is 0 Å². The molecule has 0 radical (unpaired) electrons. The van der Waals surface area contributed by atoms with Gasteiger partial charge in [0.05, 0.1) is 5.41 Å². The van der Waals surface area contributed by atoms with E-state index < -0.39 is 5.41 Å². The third kappa shape index (κ3) is 2.83. The molecule has 2 heteroatoms. The van der Waals surface area contributed by atoms with Crippen LogP contribution in [0.1, 0.15) is 70.1 Å². The van der Waals surface area contributed by atoms with Crippen molar-refractivity contribution >= 4 is 5.97 Å². The van der Waals surface area contributed by atoms with Gasteiger partial charge >= 0.3 is 5.97 Å². The van der Waals surface area contributed by atoms with E-state index in [1.807, 2.05) is 26.8 Å². The molecule has 2 nitrogen and oxygen atoms in total. The van der Waals surface area contributed by atoms with Crippen molar-refractivity contribution in [2.24, 2.45) is 5.41 Å². The van der Waals surface area contributed by atoms with E-state index in [1.165, 1.54) is 11.1 Å². The number of esters is 1. The van der Waals surface area contributed by atoms with E-state index in [1.54, 1.807) is 0 Å². The Balaban J connectivity index is 2.20. The van der Waals surface area contributed by atoms with Gasteiger partial charge in [-0.05, 0) is 50.2 Å². The number of rotatable bonds is 3. The molecule has 0 N–H and O–H groups in total. The summed E-state index contributed by atoms with van der Waals surface area (Å²) in [5.41, 5.74) is 2.14. The molecule has 0 heterocycles. The average molecular weight is 260 g/mol. The third-order valence-corrected chi connectivity index (χ3v) is 4.42. The normalized spacial score (nSPS) is 22.7. The summed E-state index contributed by atoms with van der Waals surface area (Å²) in [5, 5.41) is 0. The van der Waals surface area contributed by atoms with Crippen LogP contribution >= 0.6 is 0 Å². The highest BCUT2D eigenvalue weighted by molar-refractivity contribution is 5.76. The van der Waals surface area contributed by atoms with Gasteiger partial charge in [-0.1, -0.05) is 38.1 Å². The predicted octanol–water partition coefficient (Wildman–Crippen LogP) is 4.60. The highest BCUT2D eigenvalue weighted by Gasteiger charge is 2.32. The lowest BCUT2D eigenvalue weighted by molar-refractivity contribution is -0.161. The molecule has 1 aromatic carbocycles. The van der Waals surface area contributed by atoms with Crippen LogP contribution in [0.2, 0.25) is 0 Å². The molecular weight excluding hydrogens is 236 g/mol. The third-order valence-electron chi connectivity index (χ3n) is 4.42. The molecule has 2 atom stereocenters. The highest BCUT2D eigenvalue weighted by Crippen LogP contribution is 2.40. The first-order valence-corrected chi connectivity index (χ1v) is 7.25. The zero-order valence-corrected chi connectivity index (χ0v) is 12.4. The summed E-state index contributed by atoms with van der Waals surface area (Å²) in [6, 6.07) is 8.35. The fraction of sp³-hybridized carbons (Fsp3) is 0.588. The first-order valence-electron chi connectivity index (χ1n) is 7.25. The molecule has 1 aliphatic rings.